The molecular formula is C19H23N3O2. The van der Waals surface area contributed by atoms with Crippen LogP contribution in [0.1, 0.15) is 47.4 Å². The highest BCUT2D eigenvalue weighted by Crippen LogP contribution is 2.31. The third kappa shape index (κ3) is 3.97. The SMILES string of the molecule is Cc1cnc(C(=O)N(Cc2ccccc2)CC2(O)CCCC2)cn1. The van der Waals surface area contributed by atoms with Crippen LogP contribution in [-0.4, -0.2) is 38.0 Å². The molecule has 1 heterocycles. The Hall–Kier alpha value is -2.27. The van der Waals surface area contributed by atoms with Crippen LogP contribution in [0.3, 0.4) is 0 Å². The lowest BCUT2D eigenvalue weighted by molar-refractivity contribution is 0.00762. The topological polar surface area (TPSA) is 66.3 Å². The fraction of sp³-hybridized carbons (Fsp3) is 0.421. The highest BCUT2D eigenvalue weighted by atomic mass is 16.3. The second-order valence-electron chi connectivity index (χ2n) is 6.62. The largest absolute Gasteiger partial charge is 0.388 e. The molecule has 1 N–H and O–H groups in total. The molecule has 126 valence electrons. The van der Waals surface area contributed by atoms with E-state index >= 15 is 0 Å². The lowest BCUT2D eigenvalue weighted by Crippen LogP contribution is -2.44. The van der Waals surface area contributed by atoms with Crippen LogP contribution in [0, 0.1) is 6.92 Å². The number of aliphatic hydroxyl groups is 1. The van der Waals surface area contributed by atoms with E-state index in [0.29, 0.717) is 18.8 Å². The Labute approximate surface area is 142 Å². The predicted octanol–water partition coefficient (Wildman–Crippen LogP) is 2.73. The summed E-state index contributed by atoms with van der Waals surface area (Å²) in [5.41, 5.74) is 1.34. The first-order chi connectivity index (χ1) is 11.6. The molecule has 2 aromatic rings. The summed E-state index contributed by atoms with van der Waals surface area (Å²) in [6.07, 6.45) is 6.60. The Morgan fingerprint density at radius 2 is 1.88 bits per heavy atom. The average molecular weight is 325 g/mol. The van der Waals surface area contributed by atoms with Crippen molar-refractivity contribution in [1.82, 2.24) is 14.9 Å². The predicted molar refractivity (Wildman–Crippen MR) is 91.4 cm³/mol. The van der Waals surface area contributed by atoms with E-state index in [1.165, 1.54) is 6.20 Å². The lowest BCUT2D eigenvalue weighted by atomic mass is 10.0. The van der Waals surface area contributed by atoms with Gasteiger partial charge in [-0.15, -0.1) is 0 Å². The number of carbonyl (C=O) groups is 1. The van der Waals surface area contributed by atoms with Gasteiger partial charge < -0.3 is 10.0 Å². The molecule has 0 atom stereocenters. The first-order valence-corrected chi connectivity index (χ1v) is 8.40. The van der Waals surface area contributed by atoms with Crippen molar-refractivity contribution in [3.8, 4) is 0 Å². The van der Waals surface area contributed by atoms with Crippen molar-refractivity contribution in [2.45, 2.75) is 44.8 Å². The number of rotatable bonds is 5. The Kier molecular flexibility index (Phi) is 4.90. The van der Waals surface area contributed by atoms with Crippen molar-refractivity contribution in [1.29, 1.82) is 0 Å². The van der Waals surface area contributed by atoms with E-state index in [0.717, 1.165) is 36.9 Å². The molecule has 1 saturated carbocycles. The fourth-order valence-corrected chi connectivity index (χ4v) is 3.21. The van der Waals surface area contributed by atoms with Crippen LogP contribution >= 0.6 is 0 Å². The van der Waals surface area contributed by atoms with Gasteiger partial charge >= 0.3 is 0 Å². The van der Waals surface area contributed by atoms with Gasteiger partial charge in [0.1, 0.15) is 5.69 Å². The van der Waals surface area contributed by atoms with Crippen molar-refractivity contribution < 1.29 is 9.90 Å². The number of aryl methyl sites for hydroxylation is 1. The third-order valence-corrected chi connectivity index (χ3v) is 4.52. The maximum atomic E-state index is 12.9. The number of amides is 1. The molecule has 3 rings (SSSR count). The molecule has 0 saturated heterocycles. The van der Waals surface area contributed by atoms with Crippen LogP contribution in [0.15, 0.2) is 42.7 Å². The summed E-state index contributed by atoms with van der Waals surface area (Å²) in [5, 5.41) is 10.7. The number of carbonyl (C=O) groups excluding carboxylic acids is 1. The molecule has 0 aliphatic heterocycles. The minimum Gasteiger partial charge on any atom is -0.388 e. The van der Waals surface area contributed by atoms with Crippen LogP contribution < -0.4 is 0 Å². The minimum atomic E-state index is -0.789. The molecule has 1 aromatic carbocycles. The highest BCUT2D eigenvalue weighted by Gasteiger charge is 2.35. The van der Waals surface area contributed by atoms with E-state index in [4.69, 9.17) is 0 Å². The number of hydrogen-bond donors (Lipinski definition) is 1. The van der Waals surface area contributed by atoms with Gasteiger partial charge in [-0.3, -0.25) is 9.78 Å². The van der Waals surface area contributed by atoms with Crippen LogP contribution in [0.4, 0.5) is 0 Å². The molecular weight excluding hydrogens is 302 g/mol. The molecule has 1 aliphatic rings. The smallest absolute Gasteiger partial charge is 0.274 e. The van der Waals surface area contributed by atoms with Crippen LogP contribution in [0.2, 0.25) is 0 Å². The van der Waals surface area contributed by atoms with Crippen molar-refractivity contribution in [3.05, 3.63) is 59.7 Å². The van der Waals surface area contributed by atoms with E-state index in [1.54, 1.807) is 11.1 Å². The first kappa shape index (κ1) is 16.6. The molecule has 0 radical (unpaired) electrons. The summed E-state index contributed by atoms with van der Waals surface area (Å²) in [6, 6.07) is 9.83. The fourth-order valence-electron chi connectivity index (χ4n) is 3.21. The van der Waals surface area contributed by atoms with E-state index in [-0.39, 0.29) is 5.91 Å². The molecule has 0 spiro atoms. The molecule has 1 amide bonds. The number of aromatic nitrogens is 2. The average Bonchev–Trinajstić information content (AvgIpc) is 3.02. The molecule has 24 heavy (non-hydrogen) atoms. The highest BCUT2D eigenvalue weighted by molar-refractivity contribution is 5.92. The lowest BCUT2D eigenvalue weighted by Gasteiger charge is -2.31. The minimum absolute atomic E-state index is 0.188. The second-order valence-corrected chi connectivity index (χ2v) is 6.62. The molecule has 5 heteroatoms. The zero-order valence-electron chi connectivity index (χ0n) is 14.0. The number of nitrogens with zero attached hydrogens (tertiary/aromatic N) is 3. The van der Waals surface area contributed by atoms with Crippen molar-refractivity contribution >= 4 is 5.91 Å². The van der Waals surface area contributed by atoms with E-state index < -0.39 is 5.60 Å². The van der Waals surface area contributed by atoms with Gasteiger partial charge in [0.05, 0.1) is 24.0 Å². The van der Waals surface area contributed by atoms with Crippen LogP contribution in [0.25, 0.3) is 0 Å². The normalized spacial score (nSPS) is 16.1. The van der Waals surface area contributed by atoms with Crippen LogP contribution in [0.5, 0.6) is 0 Å². The van der Waals surface area contributed by atoms with E-state index in [1.807, 2.05) is 37.3 Å². The van der Waals surface area contributed by atoms with Gasteiger partial charge in [-0.1, -0.05) is 43.2 Å². The quantitative estimate of drug-likeness (QED) is 0.918. The summed E-state index contributed by atoms with van der Waals surface area (Å²) in [4.78, 5) is 23.0. The zero-order chi connectivity index (χ0) is 17.0. The summed E-state index contributed by atoms with van der Waals surface area (Å²) in [7, 11) is 0. The molecule has 1 aromatic heterocycles. The van der Waals surface area contributed by atoms with Crippen molar-refractivity contribution in [3.63, 3.8) is 0 Å². The monoisotopic (exact) mass is 325 g/mol. The number of hydrogen-bond acceptors (Lipinski definition) is 4. The third-order valence-electron chi connectivity index (χ3n) is 4.52. The van der Waals surface area contributed by atoms with E-state index in [2.05, 4.69) is 9.97 Å². The Morgan fingerprint density at radius 3 is 2.50 bits per heavy atom. The zero-order valence-corrected chi connectivity index (χ0v) is 14.0. The second kappa shape index (κ2) is 7.09. The maximum absolute atomic E-state index is 12.9. The first-order valence-electron chi connectivity index (χ1n) is 8.40. The van der Waals surface area contributed by atoms with E-state index in [9.17, 15) is 9.90 Å². The van der Waals surface area contributed by atoms with Gasteiger partial charge in [0, 0.05) is 12.7 Å². The molecule has 0 bridgehead atoms. The summed E-state index contributed by atoms with van der Waals surface area (Å²) in [5.74, 6) is -0.188. The Balaban J connectivity index is 1.82. The van der Waals surface area contributed by atoms with Gasteiger partial charge in [-0.25, -0.2) is 4.98 Å². The maximum Gasteiger partial charge on any atom is 0.274 e. The summed E-state index contributed by atoms with van der Waals surface area (Å²) < 4.78 is 0. The Bertz CT molecular complexity index is 680. The van der Waals surface area contributed by atoms with Gasteiger partial charge in [-0.2, -0.15) is 0 Å². The molecule has 0 unspecified atom stereocenters. The van der Waals surface area contributed by atoms with Gasteiger partial charge in [-0.05, 0) is 25.3 Å². The standard InChI is InChI=1S/C19H23N3O2/c1-15-11-21-17(12-20-15)18(23)22(13-16-7-3-2-4-8-16)14-19(24)9-5-6-10-19/h2-4,7-8,11-12,24H,5-6,9-10,13-14H2,1H3. The van der Waals surface area contributed by atoms with Crippen molar-refractivity contribution in [2.24, 2.45) is 0 Å². The summed E-state index contributed by atoms with van der Waals surface area (Å²) in [6.45, 7) is 2.62. The molecule has 1 fully saturated rings. The molecule has 1 aliphatic carbocycles. The van der Waals surface area contributed by atoms with Crippen molar-refractivity contribution in [2.75, 3.05) is 6.54 Å². The number of benzene rings is 1. The van der Waals surface area contributed by atoms with Gasteiger partial charge in [0.25, 0.3) is 5.91 Å². The molecule has 5 nitrogen and oxygen atoms in total. The Morgan fingerprint density at radius 1 is 1.17 bits per heavy atom. The van der Waals surface area contributed by atoms with Gasteiger partial charge in [0.2, 0.25) is 0 Å². The van der Waals surface area contributed by atoms with Gasteiger partial charge in [0.15, 0.2) is 0 Å². The summed E-state index contributed by atoms with van der Waals surface area (Å²) >= 11 is 0. The van der Waals surface area contributed by atoms with Crippen LogP contribution in [-0.2, 0) is 6.54 Å².